The Morgan fingerprint density at radius 3 is 2.65 bits per heavy atom. The van der Waals surface area contributed by atoms with E-state index in [1.54, 1.807) is 11.3 Å². The van der Waals surface area contributed by atoms with Crippen molar-refractivity contribution in [2.24, 2.45) is 5.92 Å². The second-order valence-corrected chi connectivity index (χ2v) is 6.28. The van der Waals surface area contributed by atoms with Gasteiger partial charge in [0, 0.05) is 11.4 Å². The van der Waals surface area contributed by atoms with E-state index < -0.39 is 0 Å². The summed E-state index contributed by atoms with van der Waals surface area (Å²) in [5.41, 5.74) is 0. The number of halogens is 2. The third-order valence-electron chi connectivity index (χ3n) is 3.21. The minimum Gasteiger partial charge on any atom is -0.319 e. The quantitative estimate of drug-likeness (QED) is 0.917. The molecule has 2 nitrogen and oxygen atoms in total. The second-order valence-electron chi connectivity index (χ2n) is 4.48. The molecule has 1 aromatic rings. The molecule has 1 N–H and O–H groups in total. The minimum absolute atomic E-state index is 0. The van der Waals surface area contributed by atoms with Crippen LogP contribution in [0.3, 0.4) is 0 Å². The lowest BCUT2D eigenvalue weighted by atomic mass is 9.97. The van der Waals surface area contributed by atoms with Gasteiger partial charge in [-0.2, -0.15) is 0 Å². The lowest BCUT2D eigenvalue weighted by molar-refractivity contribution is 0.178. The van der Waals surface area contributed by atoms with Crippen LogP contribution in [0.5, 0.6) is 0 Å². The van der Waals surface area contributed by atoms with Crippen molar-refractivity contribution in [3.8, 4) is 0 Å². The fraction of sp³-hybridized carbons (Fsp3) is 0.667. The van der Waals surface area contributed by atoms with Gasteiger partial charge in [-0.1, -0.05) is 11.6 Å². The largest absolute Gasteiger partial charge is 0.319 e. The first-order valence-corrected chi connectivity index (χ1v) is 7.08. The molecule has 2 heterocycles. The summed E-state index contributed by atoms with van der Waals surface area (Å²) >= 11 is 7.64. The summed E-state index contributed by atoms with van der Waals surface area (Å²) in [6.07, 6.45) is 2.64. The highest BCUT2D eigenvalue weighted by atomic mass is 35.5. The van der Waals surface area contributed by atoms with Crippen molar-refractivity contribution in [3.63, 3.8) is 0 Å². The summed E-state index contributed by atoms with van der Waals surface area (Å²) in [4.78, 5) is 3.92. The predicted octanol–water partition coefficient (Wildman–Crippen LogP) is 3.25. The number of likely N-dealkylation sites (tertiary alicyclic amines) is 1. The lowest BCUT2D eigenvalue weighted by Crippen LogP contribution is -2.36. The van der Waals surface area contributed by atoms with Crippen molar-refractivity contribution in [2.75, 3.05) is 26.7 Å². The van der Waals surface area contributed by atoms with Crippen molar-refractivity contribution in [2.45, 2.75) is 19.4 Å². The topological polar surface area (TPSA) is 15.3 Å². The van der Waals surface area contributed by atoms with Crippen molar-refractivity contribution < 1.29 is 0 Å². The standard InChI is InChI=1S/C12H19ClN2S.ClH/c1-14-8-10-4-6-15(7-5-10)9-11-2-3-12(13)16-11;/h2-3,10,14H,4-9H2,1H3;1H. The first kappa shape index (κ1) is 15.3. The number of piperidine rings is 1. The first-order chi connectivity index (χ1) is 7.78. The maximum Gasteiger partial charge on any atom is 0.0931 e. The van der Waals surface area contributed by atoms with Gasteiger partial charge in [0.05, 0.1) is 4.34 Å². The van der Waals surface area contributed by atoms with E-state index in [9.17, 15) is 0 Å². The highest BCUT2D eigenvalue weighted by molar-refractivity contribution is 7.16. The zero-order valence-electron chi connectivity index (χ0n) is 10.1. The molecular weight excluding hydrogens is 275 g/mol. The molecule has 1 saturated heterocycles. The van der Waals surface area contributed by atoms with Gasteiger partial charge in [-0.05, 0) is 57.6 Å². The highest BCUT2D eigenvalue weighted by Crippen LogP contribution is 2.24. The molecule has 0 amide bonds. The van der Waals surface area contributed by atoms with E-state index in [0.717, 1.165) is 16.8 Å². The molecule has 0 aromatic carbocycles. The molecule has 1 aliphatic rings. The van der Waals surface area contributed by atoms with Crippen LogP contribution in [0.1, 0.15) is 17.7 Å². The Labute approximate surface area is 119 Å². The van der Waals surface area contributed by atoms with E-state index >= 15 is 0 Å². The minimum atomic E-state index is 0. The summed E-state index contributed by atoms with van der Waals surface area (Å²) in [6, 6.07) is 4.14. The van der Waals surface area contributed by atoms with Gasteiger partial charge >= 0.3 is 0 Å². The summed E-state index contributed by atoms with van der Waals surface area (Å²) in [5.74, 6) is 0.869. The van der Waals surface area contributed by atoms with E-state index in [4.69, 9.17) is 11.6 Å². The van der Waals surface area contributed by atoms with Crippen LogP contribution in [-0.2, 0) is 6.54 Å². The smallest absolute Gasteiger partial charge is 0.0931 e. The maximum absolute atomic E-state index is 5.93. The van der Waals surface area contributed by atoms with Crippen molar-refractivity contribution in [1.29, 1.82) is 0 Å². The summed E-state index contributed by atoms with van der Waals surface area (Å²) < 4.78 is 0.903. The van der Waals surface area contributed by atoms with E-state index in [0.29, 0.717) is 0 Å². The second kappa shape index (κ2) is 7.59. The highest BCUT2D eigenvalue weighted by Gasteiger charge is 2.18. The van der Waals surface area contributed by atoms with E-state index in [-0.39, 0.29) is 12.4 Å². The van der Waals surface area contributed by atoms with Gasteiger partial charge < -0.3 is 5.32 Å². The van der Waals surface area contributed by atoms with Crippen LogP contribution in [0, 0.1) is 5.92 Å². The molecule has 1 fully saturated rings. The molecule has 0 unspecified atom stereocenters. The average molecular weight is 295 g/mol. The molecule has 0 radical (unpaired) electrons. The number of nitrogens with zero attached hydrogens (tertiary/aromatic N) is 1. The van der Waals surface area contributed by atoms with Crippen LogP contribution in [0.15, 0.2) is 12.1 Å². The zero-order chi connectivity index (χ0) is 11.4. The van der Waals surface area contributed by atoms with Crippen molar-refractivity contribution in [1.82, 2.24) is 10.2 Å². The normalized spacial score (nSPS) is 18.0. The number of rotatable bonds is 4. The van der Waals surface area contributed by atoms with Crippen LogP contribution >= 0.6 is 35.3 Å². The number of hydrogen-bond donors (Lipinski definition) is 1. The predicted molar refractivity (Wildman–Crippen MR) is 78.5 cm³/mol. The molecular formula is C12H20Cl2N2S. The Kier molecular flexibility index (Phi) is 6.82. The van der Waals surface area contributed by atoms with Gasteiger partial charge in [0.2, 0.25) is 0 Å². The third kappa shape index (κ3) is 4.76. The summed E-state index contributed by atoms with van der Waals surface area (Å²) in [6.45, 7) is 4.69. The molecule has 0 spiro atoms. The van der Waals surface area contributed by atoms with E-state index in [1.165, 1.54) is 37.4 Å². The van der Waals surface area contributed by atoms with Gasteiger partial charge in [0.25, 0.3) is 0 Å². The monoisotopic (exact) mass is 294 g/mol. The van der Waals surface area contributed by atoms with Gasteiger partial charge in [-0.15, -0.1) is 23.7 Å². The third-order valence-corrected chi connectivity index (χ3v) is 4.42. The maximum atomic E-state index is 5.93. The summed E-state index contributed by atoms with van der Waals surface area (Å²) in [5, 5.41) is 3.27. The summed E-state index contributed by atoms with van der Waals surface area (Å²) in [7, 11) is 2.04. The molecule has 0 atom stereocenters. The lowest BCUT2D eigenvalue weighted by Gasteiger charge is -2.31. The van der Waals surface area contributed by atoms with Crippen molar-refractivity contribution >= 4 is 35.3 Å². The molecule has 1 aromatic heterocycles. The van der Waals surface area contributed by atoms with E-state index in [2.05, 4.69) is 16.3 Å². The van der Waals surface area contributed by atoms with Crippen LogP contribution in [0.25, 0.3) is 0 Å². The fourth-order valence-corrected chi connectivity index (χ4v) is 3.42. The number of hydrogen-bond acceptors (Lipinski definition) is 3. The van der Waals surface area contributed by atoms with Crippen LogP contribution in [0.4, 0.5) is 0 Å². The van der Waals surface area contributed by atoms with Gasteiger partial charge in [0.15, 0.2) is 0 Å². The molecule has 0 aliphatic carbocycles. The molecule has 5 heteroatoms. The molecule has 2 rings (SSSR count). The molecule has 0 bridgehead atoms. The van der Waals surface area contributed by atoms with E-state index in [1.807, 2.05) is 13.1 Å². The molecule has 1 aliphatic heterocycles. The molecule has 0 saturated carbocycles. The Hall–Kier alpha value is 0.200. The first-order valence-electron chi connectivity index (χ1n) is 5.89. The average Bonchev–Trinajstić information content (AvgIpc) is 2.67. The molecule has 17 heavy (non-hydrogen) atoms. The van der Waals surface area contributed by atoms with Crippen LogP contribution in [0.2, 0.25) is 4.34 Å². The van der Waals surface area contributed by atoms with Gasteiger partial charge in [-0.25, -0.2) is 0 Å². The SMILES string of the molecule is CNCC1CCN(Cc2ccc(Cl)s2)CC1.Cl. The zero-order valence-corrected chi connectivity index (χ0v) is 12.5. The van der Waals surface area contributed by atoms with Crippen LogP contribution in [-0.4, -0.2) is 31.6 Å². The Balaban J connectivity index is 0.00000144. The Morgan fingerprint density at radius 2 is 2.12 bits per heavy atom. The Morgan fingerprint density at radius 1 is 1.41 bits per heavy atom. The Bertz CT molecular complexity index is 322. The molecule has 98 valence electrons. The fourth-order valence-electron chi connectivity index (χ4n) is 2.29. The number of thiophene rings is 1. The van der Waals surface area contributed by atoms with Crippen LogP contribution < -0.4 is 5.32 Å². The van der Waals surface area contributed by atoms with Gasteiger partial charge in [0.1, 0.15) is 0 Å². The number of nitrogens with one attached hydrogen (secondary N) is 1. The van der Waals surface area contributed by atoms with Crippen molar-refractivity contribution in [3.05, 3.63) is 21.3 Å². The van der Waals surface area contributed by atoms with Gasteiger partial charge in [-0.3, -0.25) is 4.90 Å².